The van der Waals surface area contributed by atoms with Gasteiger partial charge in [0.15, 0.2) is 0 Å². The van der Waals surface area contributed by atoms with Crippen molar-refractivity contribution in [2.24, 2.45) is 0 Å². The van der Waals surface area contributed by atoms with Crippen molar-refractivity contribution < 1.29 is 7.87 Å². The molecule has 0 aliphatic carbocycles. The summed E-state index contributed by atoms with van der Waals surface area (Å²) in [5.74, 6) is 0. The predicted molar refractivity (Wildman–Crippen MR) is 66.6 cm³/mol. The molecule has 0 aliphatic rings. The summed E-state index contributed by atoms with van der Waals surface area (Å²) in [7, 11) is 0. The van der Waals surface area contributed by atoms with Gasteiger partial charge in [0.2, 0.25) is 0 Å². The van der Waals surface area contributed by atoms with Crippen molar-refractivity contribution in [3.63, 3.8) is 0 Å². The second-order valence-electron chi connectivity index (χ2n) is 3.78. The van der Waals surface area contributed by atoms with Gasteiger partial charge in [0, 0.05) is 0 Å². The summed E-state index contributed by atoms with van der Waals surface area (Å²) >= 11 is -2.54. The van der Waals surface area contributed by atoms with E-state index in [2.05, 4.69) is 20.8 Å². The standard InChI is InChI=1S/C5H11NO2.3C2H5.Sn/c1-3-6(4-2)5(7)8;3*1-2;/h3-4H2,1-2H3,(H,7,8);3*1H2,2H3;/q;;;;+1/p-1. The van der Waals surface area contributed by atoms with Crippen molar-refractivity contribution >= 4 is 24.9 Å². The van der Waals surface area contributed by atoms with Gasteiger partial charge in [0.05, 0.1) is 0 Å². The van der Waals surface area contributed by atoms with Gasteiger partial charge in [-0.05, 0) is 0 Å². The molecule has 0 heterocycles. The first-order valence-electron chi connectivity index (χ1n) is 6.06. The van der Waals surface area contributed by atoms with Gasteiger partial charge in [-0.2, -0.15) is 0 Å². The van der Waals surface area contributed by atoms with E-state index in [1.807, 2.05) is 13.8 Å². The normalized spacial score (nSPS) is 11.3. The Kier molecular flexibility index (Phi) is 7.39. The number of amides is 1. The second-order valence-corrected chi connectivity index (χ2v) is 17.2. The molecule has 3 nitrogen and oxygen atoms in total. The van der Waals surface area contributed by atoms with E-state index >= 15 is 0 Å². The number of hydrogen-bond donors (Lipinski definition) is 0. The van der Waals surface area contributed by atoms with Crippen molar-refractivity contribution in [2.45, 2.75) is 47.9 Å². The summed E-state index contributed by atoms with van der Waals surface area (Å²) in [4.78, 5) is 13.6. The van der Waals surface area contributed by atoms with E-state index in [9.17, 15) is 4.79 Å². The SMILES string of the molecule is CCN(CC)C(=O)[O][Sn]([CH2]C)([CH2]C)[CH2]C. The fraction of sp³-hybridized carbons (Fsp3) is 0.909. The molecule has 0 aromatic carbocycles. The van der Waals surface area contributed by atoms with E-state index < -0.39 is 18.8 Å². The molecule has 0 atom stereocenters. The van der Waals surface area contributed by atoms with Crippen molar-refractivity contribution in [3.05, 3.63) is 0 Å². The molecule has 0 radical (unpaired) electrons. The monoisotopic (exact) mass is 323 g/mol. The van der Waals surface area contributed by atoms with Gasteiger partial charge in [-0.3, -0.25) is 0 Å². The molecule has 0 spiro atoms. The summed E-state index contributed by atoms with van der Waals surface area (Å²) < 4.78 is 9.10. The first kappa shape index (κ1) is 15.1. The summed E-state index contributed by atoms with van der Waals surface area (Å²) in [6.45, 7) is 12.0. The Labute approximate surface area is 98.6 Å². The number of nitrogens with zero attached hydrogens (tertiary/aromatic N) is 1. The zero-order chi connectivity index (χ0) is 11.9. The fourth-order valence-electron chi connectivity index (χ4n) is 1.70. The molecule has 0 aromatic rings. The van der Waals surface area contributed by atoms with Crippen LogP contribution in [0.25, 0.3) is 0 Å². The van der Waals surface area contributed by atoms with Crippen LogP contribution in [0.1, 0.15) is 34.6 Å². The molecular weight excluding hydrogens is 297 g/mol. The molecule has 0 N–H and O–H groups in total. The first-order valence-corrected chi connectivity index (χ1v) is 13.3. The van der Waals surface area contributed by atoms with Crippen LogP contribution >= 0.6 is 0 Å². The van der Waals surface area contributed by atoms with Gasteiger partial charge in [-0.15, -0.1) is 0 Å². The third-order valence-electron chi connectivity index (χ3n) is 3.26. The van der Waals surface area contributed by atoms with Crippen LogP contribution in [0.15, 0.2) is 0 Å². The number of rotatable bonds is 6. The Hall–Kier alpha value is 0.0687. The van der Waals surface area contributed by atoms with Crippen molar-refractivity contribution in [1.82, 2.24) is 4.90 Å². The van der Waals surface area contributed by atoms with E-state index in [1.54, 1.807) is 4.90 Å². The second kappa shape index (κ2) is 7.36. The van der Waals surface area contributed by atoms with E-state index in [0.29, 0.717) is 0 Å². The quantitative estimate of drug-likeness (QED) is 0.701. The summed E-state index contributed by atoms with van der Waals surface area (Å²) in [5, 5.41) is 0. The molecule has 1 amide bonds. The molecule has 0 aliphatic heterocycles. The molecule has 0 saturated carbocycles. The summed E-state index contributed by atoms with van der Waals surface area (Å²) in [6, 6.07) is 0. The van der Waals surface area contributed by atoms with E-state index in [0.717, 1.165) is 26.4 Å². The minimum absolute atomic E-state index is 0.0821. The Morgan fingerprint density at radius 2 is 1.40 bits per heavy atom. The molecule has 15 heavy (non-hydrogen) atoms. The van der Waals surface area contributed by atoms with Crippen LogP contribution in [0.4, 0.5) is 4.79 Å². The molecule has 0 bridgehead atoms. The van der Waals surface area contributed by atoms with Crippen LogP contribution in [-0.2, 0) is 3.07 Å². The molecule has 0 saturated heterocycles. The Morgan fingerprint density at radius 3 is 1.67 bits per heavy atom. The van der Waals surface area contributed by atoms with Crippen molar-refractivity contribution in [2.75, 3.05) is 13.1 Å². The van der Waals surface area contributed by atoms with Crippen LogP contribution in [-0.4, -0.2) is 42.9 Å². The number of carbonyl (C=O) groups excluding carboxylic acids is 1. The van der Waals surface area contributed by atoms with Crippen LogP contribution in [0, 0.1) is 0 Å². The molecule has 0 fully saturated rings. The fourth-order valence-corrected chi connectivity index (χ4v) is 8.64. The van der Waals surface area contributed by atoms with Gasteiger partial charge < -0.3 is 0 Å². The summed E-state index contributed by atoms with van der Waals surface area (Å²) in [6.07, 6.45) is -0.0821. The summed E-state index contributed by atoms with van der Waals surface area (Å²) in [5.41, 5.74) is 0. The van der Waals surface area contributed by atoms with Gasteiger partial charge in [0.1, 0.15) is 0 Å². The van der Waals surface area contributed by atoms with Crippen molar-refractivity contribution in [1.29, 1.82) is 0 Å². The predicted octanol–water partition coefficient (Wildman–Crippen LogP) is 3.47. The number of carbonyl (C=O) groups is 1. The van der Waals surface area contributed by atoms with Crippen LogP contribution in [0.5, 0.6) is 0 Å². The van der Waals surface area contributed by atoms with Gasteiger partial charge in [-0.1, -0.05) is 0 Å². The zero-order valence-electron chi connectivity index (χ0n) is 10.8. The molecule has 4 heteroatoms. The van der Waals surface area contributed by atoms with Gasteiger partial charge in [-0.25, -0.2) is 0 Å². The zero-order valence-corrected chi connectivity index (χ0v) is 13.7. The van der Waals surface area contributed by atoms with E-state index in [4.69, 9.17) is 3.07 Å². The topological polar surface area (TPSA) is 29.5 Å². The molecule has 0 unspecified atom stereocenters. The Bertz CT molecular complexity index is 181. The molecular formula is C11H25NO2Sn. The minimum atomic E-state index is -2.54. The van der Waals surface area contributed by atoms with Crippen LogP contribution in [0.3, 0.4) is 0 Å². The van der Waals surface area contributed by atoms with Crippen molar-refractivity contribution in [3.8, 4) is 0 Å². The third-order valence-corrected chi connectivity index (χ3v) is 16.0. The van der Waals surface area contributed by atoms with Gasteiger partial charge in [0.25, 0.3) is 0 Å². The average Bonchev–Trinajstić information content (AvgIpc) is 2.28. The maximum atomic E-state index is 11.9. The molecule has 0 rings (SSSR count). The maximum absolute atomic E-state index is 11.9. The van der Waals surface area contributed by atoms with Crippen LogP contribution < -0.4 is 0 Å². The van der Waals surface area contributed by atoms with Crippen LogP contribution in [0.2, 0.25) is 13.3 Å². The van der Waals surface area contributed by atoms with Gasteiger partial charge >= 0.3 is 98.7 Å². The van der Waals surface area contributed by atoms with E-state index in [1.165, 1.54) is 0 Å². The van der Waals surface area contributed by atoms with E-state index in [-0.39, 0.29) is 6.09 Å². The first-order chi connectivity index (χ1) is 7.09. The Balaban J connectivity index is 4.46. The molecule has 0 aromatic heterocycles. The third kappa shape index (κ3) is 4.21. The number of hydrogen-bond acceptors (Lipinski definition) is 2. The Morgan fingerprint density at radius 1 is 1.00 bits per heavy atom. The average molecular weight is 322 g/mol. The molecule has 90 valence electrons.